The van der Waals surface area contributed by atoms with Crippen molar-refractivity contribution in [1.29, 1.82) is 0 Å². The van der Waals surface area contributed by atoms with Crippen molar-refractivity contribution in [3.8, 4) is 0 Å². The number of aliphatic hydroxyl groups is 1. The lowest BCUT2D eigenvalue weighted by Gasteiger charge is -2.42. The van der Waals surface area contributed by atoms with Crippen LogP contribution in [0.5, 0.6) is 0 Å². The van der Waals surface area contributed by atoms with Gasteiger partial charge in [0.1, 0.15) is 0 Å². The fraction of sp³-hybridized carbons (Fsp3) is 0.429. The van der Waals surface area contributed by atoms with Gasteiger partial charge in [-0.2, -0.15) is 0 Å². The lowest BCUT2D eigenvalue weighted by Crippen LogP contribution is -2.48. The van der Waals surface area contributed by atoms with E-state index >= 15 is 0 Å². The number of rotatable bonds is 6. The molecule has 6 heteroatoms. The maximum absolute atomic E-state index is 13.3. The maximum Gasteiger partial charge on any atom is 0.254 e. The molecule has 3 rings (SSSR count). The molecule has 0 unspecified atom stereocenters. The van der Waals surface area contributed by atoms with Gasteiger partial charge in [0.15, 0.2) is 0 Å². The molecule has 1 aliphatic rings. The highest BCUT2D eigenvalue weighted by molar-refractivity contribution is 7.10. The number of carbonyl (C=O) groups excluding carboxylic acids is 2. The molecule has 2 aromatic rings. The van der Waals surface area contributed by atoms with Gasteiger partial charge in [0.2, 0.25) is 5.91 Å². The standard InChI is InChI=1S/C21H26N2O3S/c1-13(2)12-23-19(17-9-6-10-27-17)18(20(25)22-11-14(3)24)15-7-4-5-8-16(15)21(23)26/h4-10,13-14,18-19,24H,11-12H2,1-3H3,(H,22,25)/t14-,18+,19+/m1/s1. The van der Waals surface area contributed by atoms with Crippen LogP contribution in [-0.4, -0.2) is 41.0 Å². The molecule has 3 atom stereocenters. The summed E-state index contributed by atoms with van der Waals surface area (Å²) in [4.78, 5) is 29.2. The van der Waals surface area contributed by atoms with Crippen molar-refractivity contribution in [1.82, 2.24) is 10.2 Å². The molecule has 0 spiro atoms. The number of hydrogen-bond acceptors (Lipinski definition) is 4. The number of fused-ring (bicyclic) bond motifs is 1. The third-order valence-electron chi connectivity index (χ3n) is 4.69. The number of nitrogens with zero attached hydrogens (tertiary/aromatic N) is 1. The van der Waals surface area contributed by atoms with Crippen LogP contribution in [0.1, 0.15) is 53.5 Å². The first-order chi connectivity index (χ1) is 12.9. The largest absolute Gasteiger partial charge is 0.392 e. The fourth-order valence-electron chi connectivity index (χ4n) is 3.60. The summed E-state index contributed by atoms with van der Waals surface area (Å²) in [6, 6.07) is 11.0. The zero-order chi connectivity index (χ0) is 19.6. The molecule has 27 heavy (non-hydrogen) atoms. The summed E-state index contributed by atoms with van der Waals surface area (Å²) in [6.45, 7) is 6.55. The average molecular weight is 387 g/mol. The number of carbonyl (C=O) groups is 2. The second-order valence-electron chi connectivity index (χ2n) is 7.47. The van der Waals surface area contributed by atoms with Crippen molar-refractivity contribution in [2.24, 2.45) is 5.92 Å². The van der Waals surface area contributed by atoms with Crippen molar-refractivity contribution in [2.45, 2.75) is 38.8 Å². The van der Waals surface area contributed by atoms with E-state index in [-0.39, 0.29) is 30.3 Å². The van der Waals surface area contributed by atoms with Crippen LogP contribution >= 0.6 is 11.3 Å². The Kier molecular flexibility index (Phi) is 5.97. The number of amides is 2. The molecule has 5 nitrogen and oxygen atoms in total. The lowest BCUT2D eigenvalue weighted by molar-refractivity contribution is -0.124. The summed E-state index contributed by atoms with van der Waals surface area (Å²) in [6.07, 6.45) is -0.624. The molecular weight excluding hydrogens is 360 g/mol. The second kappa shape index (κ2) is 8.23. The van der Waals surface area contributed by atoms with Crippen molar-refractivity contribution in [3.63, 3.8) is 0 Å². The molecule has 0 fully saturated rings. The van der Waals surface area contributed by atoms with E-state index in [0.29, 0.717) is 12.1 Å². The molecule has 0 saturated heterocycles. The third kappa shape index (κ3) is 4.06. The first-order valence-corrected chi connectivity index (χ1v) is 10.2. The van der Waals surface area contributed by atoms with Crippen LogP contribution in [0.4, 0.5) is 0 Å². The number of nitrogens with one attached hydrogen (secondary N) is 1. The first kappa shape index (κ1) is 19.6. The number of thiophene rings is 1. The molecule has 0 radical (unpaired) electrons. The highest BCUT2D eigenvalue weighted by Gasteiger charge is 2.44. The van der Waals surface area contributed by atoms with Crippen LogP contribution in [0.2, 0.25) is 0 Å². The minimum Gasteiger partial charge on any atom is -0.392 e. The van der Waals surface area contributed by atoms with E-state index in [9.17, 15) is 14.7 Å². The molecule has 1 aromatic carbocycles. The average Bonchev–Trinajstić information content (AvgIpc) is 3.15. The summed E-state index contributed by atoms with van der Waals surface area (Å²) in [5.41, 5.74) is 1.34. The number of hydrogen-bond donors (Lipinski definition) is 2. The van der Waals surface area contributed by atoms with E-state index in [2.05, 4.69) is 19.2 Å². The minimum absolute atomic E-state index is 0.0303. The van der Waals surface area contributed by atoms with Crippen molar-refractivity contribution < 1.29 is 14.7 Å². The van der Waals surface area contributed by atoms with Gasteiger partial charge in [-0.3, -0.25) is 9.59 Å². The van der Waals surface area contributed by atoms with Gasteiger partial charge in [0, 0.05) is 23.5 Å². The molecule has 2 heterocycles. The van der Waals surface area contributed by atoms with Gasteiger partial charge in [-0.25, -0.2) is 0 Å². The van der Waals surface area contributed by atoms with Crippen molar-refractivity contribution >= 4 is 23.2 Å². The maximum atomic E-state index is 13.3. The summed E-state index contributed by atoms with van der Waals surface area (Å²) >= 11 is 1.56. The van der Waals surface area contributed by atoms with Gasteiger partial charge in [-0.15, -0.1) is 11.3 Å². The summed E-state index contributed by atoms with van der Waals surface area (Å²) in [5, 5.41) is 14.4. The van der Waals surface area contributed by atoms with Gasteiger partial charge >= 0.3 is 0 Å². The van der Waals surface area contributed by atoms with Crippen LogP contribution in [-0.2, 0) is 4.79 Å². The predicted molar refractivity (Wildman–Crippen MR) is 107 cm³/mol. The Bertz CT molecular complexity index is 802. The SMILES string of the molecule is CC(C)CN1C(=O)c2ccccc2[C@H](C(=O)NC[C@@H](C)O)[C@@H]1c1cccs1. The smallest absolute Gasteiger partial charge is 0.254 e. The van der Waals surface area contributed by atoms with Crippen LogP contribution in [0.25, 0.3) is 0 Å². The molecule has 1 aromatic heterocycles. The summed E-state index contributed by atoms with van der Waals surface area (Å²) in [7, 11) is 0. The number of benzene rings is 1. The predicted octanol–water partition coefficient (Wildman–Crippen LogP) is 3.18. The van der Waals surface area contributed by atoms with Crippen molar-refractivity contribution in [2.75, 3.05) is 13.1 Å². The van der Waals surface area contributed by atoms with E-state index < -0.39 is 12.0 Å². The quantitative estimate of drug-likeness (QED) is 0.801. The number of aliphatic hydroxyl groups excluding tert-OH is 1. The van der Waals surface area contributed by atoms with Gasteiger partial charge in [-0.1, -0.05) is 38.1 Å². The van der Waals surface area contributed by atoms with E-state index in [1.807, 2.05) is 40.6 Å². The van der Waals surface area contributed by atoms with Gasteiger partial charge in [-0.05, 0) is 35.9 Å². The van der Waals surface area contributed by atoms with Crippen molar-refractivity contribution in [3.05, 3.63) is 57.8 Å². The third-order valence-corrected chi connectivity index (χ3v) is 5.63. The van der Waals surface area contributed by atoms with Crippen LogP contribution in [0, 0.1) is 5.92 Å². The zero-order valence-corrected chi connectivity index (χ0v) is 16.7. The minimum atomic E-state index is -0.624. The molecule has 0 saturated carbocycles. The highest BCUT2D eigenvalue weighted by Crippen LogP contribution is 2.44. The Morgan fingerprint density at radius 3 is 2.59 bits per heavy atom. The zero-order valence-electron chi connectivity index (χ0n) is 15.9. The fourth-order valence-corrected chi connectivity index (χ4v) is 4.48. The normalized spacial score (nSPS) is 20.5. The lowest BCUT2D eigenvalue weighted by atomic mass is 9.81. The highest BCUT2D eigenvalue weighted by atomic mass is 32.1. The van der Waals surface area contributed by atoms with E-state index in [1.54, 1.807) is 24.3 Å². The van der Waals surface area contributed by atoms with E-state index in [0.717, 1.165) is 10.4 Å². The summed E-state index contributed by atoms with van der Waals surface area (Å²) in [5.74, 6) is -0.418. The summed E-state index contributed by atoms with van der Waals surface area (Å²) < 4.78 is 0. The Hall–Kier alpha value is -2.18. The Balaban J connectivity index is 2.10. The molecule has 0 bridgehead atoms. The van der Waals surface area contributed by atoms with Gasteiger partial charge in [0.05, 0.1) is 18.1 Å². The molecule has 2 amide bonds. The molecule has 2 N–H and O–H groups in total. The first-order valence-electron chi connectivity index (χ1n) is 9.29. The Morgan fingerprint density at radius 2 is 1.96 bits per heavy atom. The van der Waals surface area contributed by atoms with Crippen LogP contribution in [0.15, 0.2) is 41.8 Å². The van der Waals surface area contributed by atoms with Gasteiger partial charge < -0.3 is 15.3 Å². The van der Waals surface area contributed by atoms with Crippen LogP contribution in [0.3, 0.4) is 0 Å². The van der Waals surface area contributed by atoms with Crippen LogP contribution < -0.4 is 5.32 Å². The van der Waals surface area contributed by atoms with E-state index in [1.165, 1.54) is 0 Å². The second-order valence-corrected chi connectivity index (χ2v) is 8.45. The molecule has 1 aliphatic heterocycles. The molecular formula is C21H26N2O3S. The Labute approximate surface area is 164 Å². The monoisotopic (exact) mass is 386 g/mol. The molecule has 144 valence electrons. The van der Waals surface area contributed by atoms with Gasteiger partial charge in [0.25, 0.3) is 5.91 Å². The Morgan fingerprint density at radius 1 is 1.22 bits per heavy atom. The molecule has 0 aliphatic carbocycles. The van der Waals surface area contributed by atoms with E-state index in [4.69, 9.17) is 0 Å². The topological polar surface area (TPSA) is 69.6 Å².